The molecule has 0 aromatic carbocycles. The highest BCUT2D eigenvalue weighted by Crippen LogP contribution is 2.35. The van der Waals surface area contributed by atoms with Gasteiger partial charge in [-0.05, 0) is 18.0 Å². The first-order valence-corrected chi connectivity index (χ1v) is 10.6. The van der Waals surface area contributed by atoms with Crippen LogP contribution in [0.15, 0.2) is 41.3 Å². The monoisotopic (exact) mass is 332 g/mol. The van der Waals surface area contributed by atoms with Crippen LogP contribution in [0.2, 0.25) is 18.1 Å². The molecule has 0 saturated heterocycles. The molecule has 0 bridgehead atoms. The fourth-order valence-electron chi connectivity index (χ4n) is 1.26. The third-order valence-electron chi connectivity index (χ3n) is 3.97. The van der Waals surface area contributed by atoms with Gasteiger partial charge in [-0.1, -0.05) is 58.5 Å². The molecule has 4 nitrogen and oxygen atoms in total. The number of rotatable bonds is 5. The highest BCUT2D eigenvalue weighted by atomic mass is 28.3. The largest absolute Gasteiger partial charge is 0.384 e. The standard InChI is InChI=1S/C18H32N4Si/c1-15(2)13-17(11-12-23(9,10)18(4,5)6)22(8)21(7)14-20-16(3)19/h13-14H,1,3,19H2,2,4-10H3/b17-13-,20-14?. The van der Waals surface area contributed by atoms with Gasteiger partial charge in [0.1, 0.15) is 25.9 Å². The Morgan fingerprint density at radius 3 is 2.13 bits per heavy atom. The SMILES string of the molecule is C=C(C)/C=C(/C#C[Si](C)(C)C(C)(C)C)N(C)N(C)C=NC(=C)N. The zero-order valence-corrected chi connectivity index (χ0v) is 17.0. The van der Waals surface area contributed by atoms with Crippen molar-refractivity contribution in [2.45, 2.75) is 45.8 Å². The van der Waals surface area contributed by atoms with Crippen molar-refractivity contribution >= 4 is 14.4 Å². The van der Waals surface area contributed by atoms with E-state index in [0.29, 0.717) is 0 Å². The van der Waals surface area contributed by atoms with Gasteiger partial charge < -0.3 is 5.73 Å². The number of nitrogens with zero attached hydrogens (tertiary/aromatic N) is 3. The maximum atomic E-state index is 5.47. The van der Waals surface area contributed by atoms with Gasteiger partial charge in [-0.15, -0.1) is 5.54 Å². The maximum Gasteiger partial charge on any atom is 0.138 e. The van der Waals surface area contributed by atoms with Crippen LogP contribution in [-0.2, 0) is 0 Å². The van der Waals surface area contributed by atoms with E-state index in [-0.39, 0.29) is 10.9 Å². The minimum Gasteiger partial charge on any atom is -0.384 e. The second-order valence-electron chi connectivity index (χ2n) is 7.33. The van der Waals surface area contributed by atoms with Crippen molar-refractivity contribution in [1.82, 2.24) is 10.0 Å². The molecule has 0 radical (unpaired) electrons. The Bertz CT molecular complexity index is 568. The average Bonchev–Trinajstić information content (AvgIpc) is 2.38. The lowest BCUT2D eigenvalue weighted by atomic mass is 10.2. The van der Waals surface area contributed by atoms with Crippen LogP contribution in [-0.4, -0.2) is 38.5 Å². The van der Waals surface area contributed by atoms with Gasteiger partial charge in [-0.2, -0.15) is 0 Å². The highest BCUT2D eigenvalue weighted by molar-refractivity contribution is 6.87. The Morgan fingerprint density at radius 1 is 1.22 bits per heavy atom. The zero-order valence-electron chi connectivity index (χ0n) is 16.0. The van der Waals surface area contributed by atoms with E-state index in [1.807, 2.05) is 37.1 Å². The first-order valence-electron chi connectivity index (χ1n) is 7.63. The molecule has 0 spiro atoms. The van der Waals surface area contributed by atoms with Crippen molar-refractivity contribution in [2.24, 2.45) is 10.7 Å². The second kappa shape index (κ2) is 8.07. The van der Waals surface area contributed by atoms with Crippen LogP contribution in [0.25, 0.3) is 0 Å². The van der Waals surface area contributed by atoms with Gasteiger partial charge >= 0.3 is 0 Å². The van der Waals surface area contributed by atoms with Crippen LogP contribution in [0.5, 0.6) is 0 Å². The summed E-state index contributed by atoms with van der Waals surface area (Å²) in [7, 11) is 2.13. The van der Waals surface area contributed by atoms with E-state index in [1.165, 1.54) is 0 Å². The number of nitrogens with two attached hydrogens (primary N) is 1. The van der Waals surface area contributed by atoms with Crippen LogP contribution >= 0.6 is 0 Å². The minimum atomic E-state index is -1.68. The van der Waals surface area contributed by atoms with Crippen LogP contribution in [0.1, 0.15) is 27.7 Å². The van der Waals surface area contributed by atoms with Gasteiger partial charge in [-0.25, -0.2) is 4.99 Å². The number of allylic oxidation sites excluding steroid dienone is 3. The molecule has 2 N–H and O–H groups in total. The van der Waals surface area contributed by atoms with E-state index >= 15 is 0 Å². The predicted molar refractivity (Wildman–Crippen MR) is 105 cm³/mol. The summed E-state index contributed by atoms with van der Waals surface area (Å²) in [6, 6.07) is 0. The second-order valence-corrected chi connectivity index (χ2v) is 12.3. The number of hydrogen-bond acceptors (Lipinski definition) is 3. The lowest BCUT2D eigenvalue weighted by Crippen LogP contribution is -2.37. The van der Waals surface area contributed by atoms with Crippen LogP contribution in [0.4, 0.5) is 0 Å². The Labute approximate surface area is 143 Å². The third-order valence-corrected chi connectivity index (χ3v) is 8.47. The molecule has 0 fully saturated rings. The molecule has 0 aliphatic heterocycles. The van der Waals surface area contributed by atoms with Gasteiger partial charge in [0.15, 0.2) is 0 Å². The van der Waals surface area contributed by atoms with E-state index in [9.17, 15) is 0 Å². The topological polar surface area (TPSA) is 44.9 Å². The summed E-state index contributed by atoms with van der Waals surface area (Å²) in [6.07, 6.45) is 3.59. The lowest BCUT2D eigenvalue weighted by Gasteiger charge is -2.32. The molecule has 0 aromatic rings. The number of hydrazine groups is 1. The molecule has 0 saturated carbocycles. The van der Waals surface area contributed by atoms with Crippen molar-refractivity contribution in [1.29, 1.82) is 0 Å². The van der Waals surface area contributed by atoms with Crippen molar-refractivity contribution < 1.29 is 0 Å². The molecular formula is C18H32N4Si. The van der Waals surface area contributed by atoms with Crippen molar-refractivity contribution in [3.63, 3.8) is 0 Å². The first-order chi connectivity index (χ1) is 10.3. The third kappa shape index (κ3) is 7.25. The Hall–Kier alpha value is -1.93. The van der Waals surface area contributed by atoms with Crippen LogP contribution in [0, 0.1) is 11.5 Å². The van der Waals surface area contributed by atoms with Gasteiger partial charge in [0.05, 0.1) is 0 Å². The van der Waals surface area contributed by atoms with E-state index in [1.54, 1.807) is 6.34 Å². The molecule has 0 aromatic heterocycles. The first kappa shape index (κ1) is 21.1. The van der Waals surface area contributed by atoms with Crippen molar-refractivity contribution in [3.05, 3.63) is 36.3 Å². The zero-order chi connectivity index (χ0) is 18.4. The normalized spacial score (nSPS) is 12.6. The quantitative estimate of drug-likeness (QED) is 0.208. The molecule has 0 amide bonds. The summed E-state index contributed by atoms with van der Waals surface area (Å²) in [4.78, 5) is 4.01. The maximum absolute atomic E-state index is 5.47. The fourth-order valence-corrected chi connectivity index (χ4v) is 2.07. The molecule has 0 rings (SSSR count). The van der Waals surface area contributed by atoms with Crippen LogP contribution in [0.3, 0.4) is 0 Å². The fraction of sp³-hybridized carbons (Fsp3) is 0.500. The van der Waals surface area contributed by atoms with Gasteiger partial charge in [0.25, 0.3) is 0 Å². The Kier molecular flexibility index (Phi) is 7.39. The van der Waals surface area contributed by atoms with Gasteiger partial charge in [-0.3, -0.25) is 10.0 Å². The molecule has 5 heteroatoms. The molecule has 128 valence electrons. The highest BCUT2D eigenvalue weighted by Gasteiger charge is 2.33. The summed E-state index contributed by atoms with van der Waals surface area (Å²) in [5.74, 6) is 3.61. The molecule has 0 unspecified atom stereocenters. The van der Waals surface area contributed by atoms with Crippen LogP contribution < -0.4 is 5.73 Å². The van der Waals surface area contributed by atoms with Crippen molar-refractivity contribution in [3.8, 4) is 11.5 Å². The predicted octanol–water partition coefficient (Wildman–Crippen LogP) is 3.73. The molecule has 0 atom stereocenters. The summed E-state index contributed by atoms with van der Waals surface area (Å²) < 4.78 is 0. The average molecular weight is 333 g/mol. The van der Waals surface area contributed by atoms with E-state index in [2.05, 4.69) is 63.5 Å². The van der Waals surface area contributed by atoms with E-state index < -0.39 is 8.07 Å². The van der Waals surface area contributed by atoms with Gasteiger partial charge in [0.2, 0.25) is 0 Å². The van der Waals surface area contributed by atoms with Gasteiger partial charge in [0, 0.05) is 14.1 Å². The minimum absolute atomic E-state index is 0.220. The van der Waals surface area contributed by atoms with E-state index in [4.69, 9.17) is 5.73 Å². The lowest BCUT2D eigenvalue weighted by molar-refractivity contribution is 0.169. The summed E-state index contributed by atoms with van der Waals surface area (Å²) in [5.41, 5.74) is 10.8. The van der Waals surface area contributed by atoms with Crippen molar-refractivity contribution in [2.75, 3.05) is 14.1 Å². The molecule has 23 heavy (non-hydrogen) atoms. The Balaban J connectivity index is 5.60. The smallest absolute Gasteiger partial charge is 0.138 e. The molecule has 0 heterocycles. The van der Waals surface area contributed by atoms with E-state index in [0.717, 1.165) is 11.3 Å². The summed E-state index contributed by atoms with van der Waals surface area (Å²) >= 11 is 0. The molecule has 0 aliphatic rings. The summed E-state index contributed by atoms with van der Waals surface area (Å²) in [6.45, 7) is 20.8. The molecule has 0 aliphatic carbocycles. The number of aliphatic imine (C=N–C) groups is 1. The Morgan fingerprint density at radius 2 is 1.74 bits per heavy atom. The summed E-state index contributed by atoms with van der Waals surface area (Å²) in [5, 5.41) is 3.95. The molecular weight excluding hydrogens is 300 g/mol. The number of hydrogen-bond donors (Lipinski definition) is 1.